The lowest BCUT2D eigenvalue weighted by molar-refractivity contribution is -0.137. The van der Waals surface area contributed by atoms with Crippen molar-refractivity contribution in [1.29, 1.82) is 0 Å². The smallest absolute Gasteiger partial charge is 0.226 e. The van der Waals surface area contributed by atoms with Gasteiger partial charge in [-0.1, -0.05) is 13.8 Å². The van der Waals surface area contributed by atoms with Gasteiger partial charge in [0.1, 0.15) is 0 Å². The van der Waals surface area contributed by atoms with Crippen LogP contribution in [0.5, 0.6) is 0 Å². The van der Waals surface area contributed by atoms with Crippen LogP contribution in [0, 0.1) is 5.92 Å². The van der Waals surface area contributed by atoms with Crippen LogP contribution < -0.4 is 10.6 Å². The summed E-state index contributed by atoms with van der Waals surface area (Å²) in [7, 11) is 4.05. The summed E-state index contributed by atoms with van der Waals surface area (Å²) in [5, 5.41) is 0. The zero-order valence-corrected chi connectivity index (χ0v) is 14.3. The Morgan fingerprint density at radius 1 is 1.27 bits per heavy atom. The molecule has 0 atom stereocenters. The molecule has 1 fully saturated rings. The molecule has 22 heavy (non-hydrogen) atoms. The summed E-state index contributed by atoms with van der Waals surface area (Å²) in [5.41, 5.74) is 8.99. The van der Waals surface area contributed by atoms with Crippen LogP contribution in [0.3, 0.4) is 0 Å². The third-order valence-electron chi connectivity index (χ3n) is 4.53. The van der Waals surface area contributed by atoms with Crippen LogP contribution in [0.25, 0.3) is 0 Å². The van der Waals surface area contributed by atoms with Crippen LogP contribution in [0.4, 0.5) is 11.4 Å². The topological polar surface area (TPSA) is 49.6 Å². The molecule has 1 aliphatic carbocycles. The van der Waals surface area contributed by atoms with E-state index in [1.807, 2.05) is 32.3 Å². The maximum Gasteiger partial charge on any atom is 0.226 e. The van der Waals surface area contributed by atoms with E-state index in [1.165, 1.54) is 0 Å². The minimum atomic E-state index is 0.143. The molecule has 2 rings (SSSR count). The molecule has 0 bridgehead atoms. The van der Waals surface area contributed by atoms with Gasteiger partial charge in [-0.05, 0) is 49.4 Å². The van der Waals surface area contributed by atoms with Crippen LogP contribution in [0.2, 0.25) is 0 Å². The lowest BCUT2D eigenvalue weighted by Crippen LogP contribution is -2.37. The molecule has 1 aromatic rings. The van der Waals surface area contributed by atoms with Gasteiger partial charge in [0.15, 0.2) is 0 Å². The third-order valence-corrected chi connectivity index (χ3v) is 4.53. The van der Waals surface area contributed by atoms with Crippen molar-refractivity contribution >= 4 is 17.3 Å². The van der Waals surface area contributed by atoms with E-state index in [2.05, 4.69) is 23.6 Å². The Hall–Kier alpha value is -1.71. The monoisotopic (exact) mass is 303 g/mol. The van der Waals surface area contributed by atoms with Gasteiger partial charge in [-0.15, -0.1) is 0 Å². The number of rotatable bonds is 7. The Balaban J connectivity index is 2.25. The minimum absolute atomic E-state index is 0.143. The van der Waals surface area contributed by atoms with E-state index in [1.54, 1.807) is 0 Å². The summed E-state index contributed by atoms with van der Waals surface area (Å²) in [6.45, 7) is 4.87. The quantitative estimate of drug-likeness (QED) is 0.787. The maximum absolute atomic E-state index is 12.8. The number of amides is 1. The molecule has 4 nitrogen and oxygen atoms in total. The summed E-state index contributed by atoms with van der Waals surface area (Å²) < 4.78 is 0. The van der Waals surface area contributed by atoms with Gasteiger partial charge in [-0.2, -0.15) is 0 Å². The Bertz CT molecular complexity index is 519. The molecule has 1 saturated carbocycles. The Morgan fingerprint density at radius 2 is 1.91 bits per heavy atom. The average Bonchev–Trinajstić information content (AvgIpc) is 3.30. The highest BCUT2D eigenvalue weighted by molar-refractivity contribution is 5.79. The number of hydrogen-bond acceptors (Lipinski definition) is 3. The standard InChI is InChI=1S/C18H29N3O/c1-5-13(6-2)18(22)21(16-8-9-16)12-14-11-15(19)7-10-17(14)20(3)4/h7,10-11,13,16H,5-6,8-9,12,19H2,1-4H3. The second kappa shape index (κ2) is 7.03. The molecular formula is C18H29N3O. The van der Waals surface area contributed by atoms with Crippen molar-refractivity contribution in [3.8, 4) is 0 Å². The average molecular weight is 303 g/mol. The summed E-state index contributed by atoms with van der Waals surface area (Å²) in [6.07, 6.45) is 4.09. The van der Waals surface area contributed by atoms with Gasteiger partial charge >= 0.3 is 0 Å². The predicted octanol–water partition coefficient (Wildman–Crippen LogP) is 3.26. The van der Waals surface area contributed by atoms with E-state index in [4.69, 9.17) is 5.73 Å². The molecule has 0 radical (unpaired) electrons. The van der Waals surface area contributed by atoms with E-state index in [0.29, 0.717) is 18.5 Å². The third kappa shape index (κ3) is 3.73. The van der Waals surface area contributed by atoms with Crippen molar-refractivity contribution in [1.82, 2.24) is 4.90 Å². The zero-order valence-electron chi connectivity index (χ0n) is 14.3. The van der Waals surface area contributed by atoms with E-state index >= 15 is 0 Å². The second-order valence-corrected chi connectivity index (χ2v) is 6.49. The molecule has 0 aromatic heterocycles. The van der Waals surface area contributed by atoms with Crippen molar-refractivity contribution in [2.45, 2.75) is 52.1 Å². The summed E-state index contributed by atoms with van der Waals surface area (Å²) >= 11 is 0. The number of anilines is 2. The van der Waals surface area contributed by atoms with Crippen molar-refractivity contribution in [2.75, 3.05) is 24.7 Å². The van der Waals surface area contributed by atoms with Crippen molar-refractivity contribution in [3.05, 3.63) is 23.8 Å². The van der Waals surface area contributed by atoms with E-state index in [0.717, 1.165) is 42.6 Å². The highest BCUT2D eigenvalue weighted by Gasteiger charge is 2.35. The zero-order chi connectivity index (χ0) is 16.3. The first-order valence-electron chi connectivity index (χ1n) is 8.34. The normalized spacial score (nSPS) is 14.2. The molecule has 1 aromatic carbocycles. The van der Waals surface area contributed by atoms with Gasteiger partial charge in [0.2, 0.25) is 5.91 Å². The SMILES string of the molecule is CCC(CC)C(=O)N(Cc1cc(N)ccc1N(C)C)C1CC1. The van der Waals surface area contributed by atoms with Crippen LogP contribution in [0.1, 0.15) is 45.1 Å². The van der Waals surface area contributed by atoms with Gasteiger partial charge in [0, 0.05) is 44.0 Å². The highest BCUT2D eigenvalue weighted by Crippen LogP contribution is 2.33. The first kappa shape index (κ1) is 16.7. The molecule has 0 spiro atoms. The lowest BCUT2D eigenvalue weighted by atomic mass is 10.0. The van der Waals surface area contributed by atoms with Crippen LogP contribution in [-0.2, 0) is 11.3 Å². The fourth-order valence-electron chi connectivity index (χ4n) is 3.00. The number of carbonyl (C=O) groups excluding carboxylic acids is 1. The molecule has 1 amide bonds. The van der Waals surface area contributed by atoms with Crippen LogP contribution in [0.15, 0.2) is 18.2 Å². The number of nitrogen functional groups attached to an aromatic ring is 1. The summed E-state index contributed by atoms with van der Waals surface area (Å²) in [6, 6.07) is 6.38. The number of nitrogens with zero attached hydrogens (tertiary/aromatic N) is 2. The van der Waals surface area contributed by atoms with Crippen molar-refractivity contribution in [2.24, 2.45) is 5.92 Å². The number of nitrogens with two attached hydrogens (primary N) is 1. The molecule has 0 saturated heterocycles. The largest absolute Gasteiger partial charge is 0.399 e. The molecule has 2 N–H and O–H groups in total. The number of benzene rings is 1. The molecule has 4 heteroatoms. The van der Waals surface area contributed by atoms with Gasteiger partial charge in [0.05, 0.1) is 0 Å². The van der Waals surface area contributed by atoms with E-state index in [9.17, 15) is 4.79 Å². The summed E-state index contributed by atoms with van der Waals surface area (Å²) in [4.78, 5) is 17.0. The first-order valence-corrected chi connectivity index (χ1v) is 8.34. The molecule has 0 heterocycles. The minimum Gasteiger partial charge on any atom is -0.399 e. The first-order chi connectivity index (χ1) is 10.5. The van der Waals surface area contributed by atoms with Crippen LogP contribution in [-0.4, -0.2) is 30.9 Å². The van der Waals surface area contributed by atoms with Crippen molar-refractivity contribution < 1.29 is 4.79 Å². The van der Waals surface area contributed by atoms with Crippen molar-refractivity contribution in [3.63, 3.8) is 0 Å². The summed E-state index contributed by atoms with van der Waals surface area (Å²) in [5.74, 6) is 0.448. The fraction of sp³-hybridized carbons (Fsp3) is 0.611. The van der Waals surface area contributed by atoms with Gasteiger partial charge in [-0.25, -0.2) is 0 Å². The molecule has 1 aliphatic rings. The highest BCUT2D eigenvalue weighted by atomic mass is 16.2. The molecule has 0 unspecified atom stereocenters. The van der Waals surface area contributed by atoms with E-state index in [-0.39, 0.29) is 5.92 Å². The molecule has 0 aliphatic heterocycles. The number of carbonyl (C=O) groups is 1. The Kier molecular flexibility index (Phi) is 5.33. The molecular weight excluding hydrogens is 274 g/mol. The second-order valence-electron chi connectivity index (χ2n) is 6.49. The Morgan fingerprint density at radius 3 is 2.41 bits per heavy atom. The van der Waals surface area contributed by atoms with Gasteiger partial charge in [-0.3, -0.25) is 4.79 Å². The number of hydrogen-bond donors (Lipinski definition) is 1. The predicted molar refractivity (Wildman–Crippen MR) is 92.8 cm³/mol. The lowest BCUT2D eigenvalue weighted by Gasteiger charge is -2.28. The maximum atomic E-state index is 12.8. The van der Waals surface area contributed by atoms with Gasteiger partial charge in [0.25, 0.3) is 0 Å². The van der Waals surface area contributed by atoms with E-state index < -0.39 is 0 Å². The van der Waals surface area contributed by atoms with Gasteiger partial charge < -0.3 is 15.5 Å². The molecule has 122 valence electrons. The fourth-order valence-corrected chi connectivity index (χ4v) is 3.00. The van der Waals surface area contributed by atoms with Crippen LogP contribution >= 0.6 is 0 Å². The Labute approximate surface area is 134 Å².